The summed E-state index contributed by atoms with van der Waals surface area (Å²) in [6.45, 7) is 5.47. The van der Waals surface area contributed by atoms with Gasteiger partial charge < -0.3 is 9.84 Å². The molecule has 1 fully saturated rings. The van der Waals surface area contributed by atoms with Gasteiger partial charge in [0.05, 0.1) is 7.11 Å². The molecule has 0 unspecified atom stereocenters. The fourth-order valence-corrected chi connectivity index (χ4v) is 3.98. The maximum absolute atomic E-state index is 9.52. The van der Waals surface area contributed by atoms with Crippen LogP contribution >= 0.6 is 0 Å². The first kappa shape index (κ1) is 19.9. The molecule has 0 radical (unpaired) electrons. The molecule has 1 atom stereocenters. The molecule has 27 heavy (non-hydrogen) atoms. The van der Waals surface area contributed by atoms with Gasteiger partial charge >= 0.3 is 0 Å². The summed E-state index contributed by atoms with van der Waals surface area (Å²) in [4.78, 5) is 5.07. The second kappa shape index (κ2) is 10.5. The molecule has 1 heterocycles. The Morgan fingerprint density at radius 2 is 1.85 bits per heavy atom. The van der Waals surface area contributed by atoms with E-state index in [0.717, 1.165) is 51.3 Å². The minimum atomic E-state index is 0.257. The van der Waals surface area contributed by atoms with Crippen LogP contribution in [-0.4, -0.2) is 60.8 Å². The van der Waals surface area contributed by atoms with Gasteiger partial charge in [0.25, 0.3) is 0 Å². The van der Waals surface area contributed by atoms with Crippen molar-refractivity contribution < 1.29 is 9.84 Å². The number of aliphatic hydroxyl groups is 1. The molecule has 4 heteroatoms. The Morgan fingerprint density at radius 1 is 1.04 bits per heavy atom. The van der Waals surface area contributed by atoms with Gasteiger partial charge in [-0.2, -0.15) is 0 Å². The van der Waals surface area contributed by atoms with Crippen LogP contribution in [0.4, 0.5) is 0 Å². The number of nitrogens with zero attached hydrogens (tertiary/aromatic N) is 2. The Kier molecular flexibility index (Phi) is 7.69. The highest BCUT2D eigenvalue weighted by Crippen LogP contribution is 2.19. The number of piperazine rings is 1. The predicted octanol–water partition coefficient (Wildman–Crippen LogP) is 3.20. The molecule has 4 nitrogen and oxygen atoms in total. The van der Waals surface area contributed by atoms with Crippen molar-refractivity contribution in [2.45, 2.75) is 31.8 Å². The summed E-state index contributed by atoms with van der Waals surface area (Å²) in [7, 11) is 1.71. The first-order chi connectivity index (χ1) is 13.3. The number of aliphatic hydroxyl groups excluding tert-OH is 1. The Morgan fingerprint density at radius 3 is 2.63 bits per heavy atom. The zero-order chi connectivity index (χ0) is 18.9. The van der Waals surface area contributed by atoms with E-state index in [1.807, 2.05) is 6.07 Å². The van der Waals surface area contributed by atoms with E-state index in [-0.39, 0.29) is 6.61 Å². The van der Waals surface area contributed by atoms with Crippen LogP contribution in [0.5, 0.6) is 5.75 Å². The van der Waals surface area contributed by atoms with Crippen molar-refractivity contribution in [3.63, 3.8) is 0 Å². The lowest BCUT2D eigenvalue weighted by Crippen LogP contribution is -2.53. The van der Waals surface area contributed by atoms with E-state index < -0.39 is 0 Å². The Hall–Kier alpha value is -1.88. The minimum absolute atomic E-state index is 0.257. The standard InChI is InChI=1S/C23H32N2O2/c1-27-23-11-5-9-21(17-23)18-24-14-15-25(22(19-24)12-16-26)13-6-10-20-7-3-2-4-8-20/h2-5,7-9,11,17,22,26H,6,10,12-16,18-19H2,1H3/t22-/m0/s1. The average Bonchev–Trinajstić information content (AvgIpc) is 2.71. The number of hydrogen-bond donors (Lipinski definition) is 1. The molecule has 0 bridgehead atoms. The zero-order valence-electron chi connectivity index (χ0n) is 16.4. The Bertz CT molecular complexity index is 677. The van der Waals surface area contributed by atoms with Gasteiger partial charge in [0.1, 0.15) is 5.75 Å². The molecule has 1 aliphatic heterocycles. The Balaban J connectivity index is 1.51. The molecule has 0 aromatic heterocycles. The van der Waals surface area contributed by atoms with Crippen molar-refractivity contribution >= 4 is 0 Å². The lowest BCUT2D eigenvalue weighted by atomic mass is 10.1. The topological polar surface area (TPSA) is 35.9 Å². The molecule has 146 valence electrons. The van der Waals surface area contributed by atoms with Crippen molar-refractivity contribution in [3.05, 3.63) is 65.7 Å². The minimum Gasteiger partial charge on any atom is -0.497 e. The molecule has 2 aromatic carbocycles. The van der Waals surface area contributed by atoms with Crippen molar-refractivity contribution in [2.24, 2.45) is 0 Å². The molecular formula is C23H32N2O2. The van der Waals surface area contributed by atoms with Gasteiger partial charge in [-0.05, 0) is 49.1 Å². The smallest absolute Gasteiger partial charge is 0.119 e. The first-order valence-electron chi connectivity index (χ1n) is 10.0. The van der Waals surface area contributed by atoms with E-state index in [9.17, 15) is 5.11 Å². The van der Waals surface area contributed by atoms with E-state index in [1.54, 1.807) is 7.11 Å². The zero-order valence-corrected chi connectivity index (χ0v) is 16.4. The maximum Gasteiger partial charge on any atom is 0.119 e. The third-order valence-corrected chi connectivity index (χ3v) is 5.45. The first-order valence-corrected chi connectivity index (χ1v) is 10.0. The van der Waals surface area contributed by atoms with Crippen LogP contribution in [0.2, 0.25) is 0 Å². The lowest BCUT2D eigenvalue weighted by Gasteiger charge is -2.41. The number of hydrogen-bond acceptors (Lipinski definition) is 4. The summed E-state index contributed by atoms with van der Waals surface area (Å²) in [5.41, 5.74) is 2.70. The highest BCUT2D eigenvalue weighted by Gasteiger charge is 2.26. The van der Waals surface area contributed by atoms with Crippen LogP contribution in [0, 0.1) is 0 Å². The van der Waals surface area contributed by atoms with Crippen LogP contribution in [-0.2, 0) is 13.0 Å². The van der Waals surface area contributed by atoms with Gasteiger partial charge in [0.15, 0.2) is 0 Å². The molecule has 0 amide bonds. The third-order valence-electron chi connectivity index (χ3n) is 5.45. The fourth-order valence-electron chi connectivity index (χ4n) is 3.98. The summed E-state index contributed by atoms with van der Waals surface area (Å²) in [6, 6.07) is 19.5. The van der Waals surface area contributed by atoms with E-state index >= 15 is 0 Å². The van der Waals surface area contributed by atoms with Crippen LogP contribution < -0.4 is 4.74 Å². The van der Waals surface area contributed by atoms with Gasteiger partial charge in [-0.15, -0.1) is 0 Å². The highest BCUT2D eigenvalue weighted by atomic mass is 16.5. The number of ether oxygens (including phenoxy) is 1. The number of aryl methyl sites for hydroxylation is 1. The van der Waals surface area contributed by atoms with Crippen LogP contribution in [0.1, 0.15) is 24.0 Å². The van der Waals surface area contributed by atoms with Gasteiger partial charge in [-0.25, -0.2) is 0 Å². The summed E-state index contributed by atoms with van der Waals surface area (Å²) in [5.74, 6) is 0.916. The van der Waals surface area contributed by atoms with E-state index in [2.05, 4.69) is 58.3 Å². The van der Waals surface area contributed by atoms with Gasteiger partial charge in [-0.3, -0.25) is 9.80 Å². The van der Waals surface area contributed by atoms with Crippen LogP contribution in [0.3, 0.4) is 0 Å². The number of benzene rings is 2. The monoisotopic (exact) mass is 368 g/mol. The van der Waals surface area contributed by atoms with Crippen LogP contribution in [0.15, 0.2) is 54.6 Å². The molecule has 1 aliphatic rings. The molecule has 0 spiro atoms. The van der Waals surface area contributed by atoms with Crippen molar-refractivity contribution in [2.75, 3.05) is 39.9 Å². The quantitative estimate of drug-likeness (QED) is 0.737. The van der Waals surface area contributed by atoms with Gasteiger partial charge in [0, 0.05) is 38.8 Å². The lowest BCUT2D eigenvalue weighted by molar-refractivity contribution is 0.0546. The average molecular weight is 369 g/mol. The van der Waals surface area contributed by atoms with Crippen LogP contribution in [0.25, 0.3) is 0 Å². The van der Waals surface area contributed by atoms with Gasteiger partial charge in [0.2, 0.25) is 0 Å². The van der Waals surface area contributed by atoms with Crippen molar-refractivity contribution in [1.82, 2.24) is 9.80 Å². The van der Waals surface area contributed by atoms with Gasteiger partial charge in [-0.1, -0.05) is 42.5 Å². The molecule has 1 N–H and O–H groups in total. The molecule has 3 rings (SSSR count). The second-order valence-corrected chi connectivity index (χ2v) is 7.38. The number of methoxy groups -OCH3 is 1. The fraction of sp³-hybridized carbons (Fsp3) is 0.478. The molecule has 0 saturated carbocycles. The third kappa shape index (κ3) is 6.06. The summed E-state index contributed by atoms with van der Waals surface area (Å²) < 4.78 is 5.34. The normalized spacial score (nSPS) is 18.5. The number of rotatable bonds is 9. The van der Waals surface area contributed by atoms with E-state index in [1.165, 1.54) is 17.5 Å². The maximum atomic E-state index is 9.52. The molecular weight excluding hydrogens is 336 g/mol. The van der Waals surface area contributed by atoms with E-state index in [0.29, 0.717) is 6.04 Å². The second-order valence-electron chi connectivity index (χ2n) is 7.38. The van der Waals surface area contributed by atoms with Crippen molar-refractivity contribution in [1.29, 1.82) is 0 Å². The predicted molar refractivity (Wildman–Crippen MR) is 110 cm³/mol. The summed E-state index contributed by atoms with van der Waals surface area (Å²) in [5, 5.41) is 9.52. The Labute approximate surface area is 163 Å². The van der Waals surface area contributed by atoms with Crippen molar-refractivity contribution in [3.8, 4) is 5.75 Å². The highest BCUT2D eigenvalue weighted by molar-refractivity contribution is 5.28. The molecule has 2 aromatic rings. The van der Waals surface area contributed by atoms with E-state index in [4.69, 9.17) is 4.74 Å². The summed E-state index contributed by atoms with van der Waals surface area (Å²) >= 11 is 0. The largest absolute Gasteiger partial charge is 0.497 e. The SMILES string of the molecule is COc1cccc(CN2CCN(CCCc3ccccc3)[C@@H](CCO)C2)c1. The molecule has 1 saturated heterocycles. The summed E-state index contributed by atoms with van der Waals surface area (Å²) in [6.07, 6.45) is 3.14. The molecule has 0 aliphatic carbocycles.